The number of benzene rings is 3. The third-order valence-corrected chi connectivity index (χ3v) is 5.93. The predicted molar refractivity (Wildman–Crippen MR) is 127 cm³/mol. The van der Waals surface area contributed by atoms with Crippen LogP contribution in [0.2, 0.25) is 0 Å². The molecular weight excluding hydrogens is 440 g/mol. The number of rotatable bonds is 8. The molecule has 1 N–H and O–H groups in total. The second-order valence-electron chi connectivity index (χ2n) is 7.84. The second-order valence-corrected chi connectivity index (χ2v) is 8.79. The van der Waals surface area contributed by atoms with Gasteiger partial charge in [-0.25, -0.2) is 13.8 Å². The summed E-state index contributed by atoms with van der Waals surface area (Å²) in [6, 6.07) is 20.3. The summed E-state index contributed by atoms with van der Waals surface area (Å²) >= 11 is 1.41. The number of halogens is 2. The van der Waals surface area contributed by atoms with Crippen LogP contribution in [0.4, 0.5) is 14.5 Å². The van der Waals surface area contributed by atoms with E-state index in [9.17, 15) is 13.6 Å². The summed E-state index contributed by atoms with van der Waals surface area (Å²) in [4.78, 5) is 19.2. The fourth-order valence-electron chi connectivity index (χ4n) is 3.37. The third-order valence-electron chi connectivity index (χ3n) is 5.09. The molecule has 0 atom stereocenters. The predicted octanol–water partition coefficient (Wildman–Crippen LogP) is 6.18. The summed E-state index contributed by atoms with van der Waals surface area (Å²) in [5.41, 5.74) is 4.10. The van der Waals surface area contributed by atoms with E-state index >= 15 is 0 Å². The van der Waals surface area contributed by atoms with Crippen molar-refractivity contribution in [3.63, 3.8) is 0 Å². The Morgan fingerprint density at radius 2 is 1.39 bits per heavy atom. The van der Waals surface area contributed by atoms with Crippen LogP contribution in [0, 0.1) is 18.6 Å². The van der Waals surface area contributed by atoms with Gasteiger partial charge in [-0.3, -0.25) is 9.69 Å². The van der Waals surface area contributed by atoms with E-state index in [0.717, 1.165) is 27.4 Å². The van der Waals surface area contributed by atoms with Gasteiger partial charge in [0.15, 0.2) is 0 Å². The molecule has 1 aromatic heterocycles. The SMILES string of the molecule is Cc1ccc(NC(=O)c2csc(CN(Cc3ccc(F)cc3)Cc3ccc(F)cc3)n2)cc1. The van der Waals surface area contributed by atoms with Crippen molar-refractivity contribution in [2.24, 2.45) is 0 Å². The van der Waals surface area contributed by atoms with E-state index in [1.165, 1.54) is 35.6 Å². The van der Waals surface area contributed by atoms with Gasteiger partial charge in [0.2, 0.25) is 0 Å². The van der Waals surface area contributed by atoms with E-state index in [-0.39, 0.29) is 17.5 Å². The molecule has 3 aromatic carbocycles. The number of amides is 1. The third kappa shape index (κ3) is 6.54. The summed E-state index contributed by atoms with van der Waals surface area (Å²) in [6.45, 7) is 3.60. The number of carbonyl (C=O) groups excluding carboxylic acids is 1. The zero-order valence-corrected chi connectivity index (χ0v) is 18.9. The molecule has 0 spiro atoms. The van der Waals surface area contributed by atoms with E-state index in [1.807, 2.05) is 31.2 Å². The van der Waals surface area contributed by atoms with Crippen LogP contribution in [0.15, 0.2) is 78.2 Å². The summed E-state index contributed by atoms with van der Waals surface area (Å²) in [6.07, 6.45) is 0. The van der Waals surface area contributed by atoms with Crippen molar-refractivity contribution in [1.82, 2.24) is 9.88 Å². The van der Waals surface area contributed by atoms with Gasteiger partial charge in [-0.1, -0.05) is 42.0 Å². The second kappa shape index (κ2) is 10.5. The summed E-state index contributed by atoms with van der Waals surface area (Å²) < 4.78 is 26.6. The molecule has 0 radical (unpaired) electrons. The highest BCUT2D eigenvalue weighted by molar-refractivity contribution is 7.09. The molecule has 1 heterocycles. The van der Waals surface area contributed by atoms with Crippen LogP contribution >= 0.6 is 11.3 Å². The van der Waals surface area contributed by atoms with E-state index in [2.05, 4.69) is 15.2 Å². The van der Waals surface area contributed by atoms with E-state index in [4.69, 9.17) is 0 Å². The molecule has 0 saturated heterocycles. The van der Waals surface area contributed by atoms with Gasteiger partial charge in [-0.15, -0.1) is 11.3 Å². The van der Waals surface area contributed by atoms with Crippen molar-refractivity contribution in [2.45, 2.75) is 26.6 Å². The van der Waals surface area contributed by atoms with Gasteiger partial charge in [0.1, 0.15) is 22.3 Å². The molecule has 7 heteroatoms. The molecular formula is C26H23F2N3OS. The Kier molecular flexibility index (Phi) is 7.22. The molecule has 0 saturated carbocycles. The number of hydrogen-bond acceptors (Lipinski definition) is 4. The molecule has 33 heavy (non-hydrogen) atoms. The Morgan fingerprint density at radius 3 is 1.94 bits per heavy atom. The quantitative estimate of drug-likeness (QED) is 0.339. The molecule has 4 nitrogen and oxygen atoms in total. The fraction of sp³-hybridized carbons (Fsp3) is 0.154. The largest absolute Gasteiger partial charge is 0.321 e. The first kappa shape index (κ1) is 22.8. The van der Waals surface area contributed by atoms with Gasteiger partial charge < -0.3 is 5.32 Å². The zero-order valence-electron chi connectivity index (χ0n) is 18.1. The molecule has 0 aliphatic rings. The summed E-state index contributed by atoms with van der Waals surface area (Å²) in [5.74, 6) is -0.828. The average molecular weight is 464 g/mol. The van der Waals surface area contributed by atoms with Crippen molar-refractivity contribution >= 4 is 22.9 Å². The molecule has 0 unspecified atom stereocenters. The highest BCUT2D eigenvalue weighted by atomic mass is 32.1. The lowest BCUT2D eigenvalue weighted by Gasteiger charge is -2.21. The maximum atomic E-state index is 13.3. The van der Waals surface area contributed by atoms with Crippen LogP contribution in [-0.2, 0) is 19.6 Å². The molecule has 4 rings (SSSR count). The van der Waals surface area contributed by atoms with Crippen LogP contribution < -0.4 is 5.32 Å². The lowest BCUT2D eigenvalue weighted by atomic mass is 10.1. The number of aryl methyl sites for hydroxylation is 1. The highest BCUT2D eigenvalue weighted by Crippen LogP contribution is 2.19. The van der Waals surface area contributed by atoms with Gasteiger partial charge in [0.25, 0.3) is 5.91 Å². The topological polar surface area (TPSA) is 45.2 Å². The van der Waals surface area contributed by atoms with Gasteiger partial charge in [0, 0.05) is 24.2 Å². The number of thiazole rings is 1. The van der Waals surface area contributed by atoms with Crippen LogP contribution in [0.1, 0.15) is 32.2 Å². The Labute approximate surface area is 195 Å². The number of hydrogen-bond donors (Lipinski definition) is 1. The monoisotopic (exact) mass is 463 g/mol. The number of carbonyl (C=O) groups is 1. The van der Waals surface area contributed by atoms with Crippen molar-refractivity contribution < 1.29 is 13.6 Å². The summed E-state index contributed by atoms with van der Waals surface area (Å²) in [7, 11) is 0. The molecule has 0 aliphatic heterocycles. The molecule has 168 valence electrons. The molecule has 0 fully saturated rings. The first-order chi connectivity index (χ1) is 15.9. The van der Waals surface area contributed by atoms with Gasteiger partial charge in [0.05, 0.1) is 6.54 Å². The smallest absolute Gasteiger partial charge is 0.275 e. The standard InChI is InChI=1S/C26H23F2N3OS/c1-18-2-12-23(13-3-18)29-26(32)24-17-33-25(30-24)16-31(14-19-4-8-21(27)9-5-19)15-20-6-10-22(28)11-7-20/h2-13,17H,14-16H2,1H3,(H,29,32). The van der Waals surface area contributed by atoms with E-state index < -0.39 is 0 Å². The lowest BCUT2D eigenvalue weighted by molar-refractivity contribution is 0.102. The van der Waals surface area contributed by atoms with Crippen LogP contribution in [0.5, 0.6) is 0 Å². The number of anilines is 1. The highest BCUT2D eigenvalue weighted by Gasteiger charge is 2.15. The minimum absolute atomic E-state index is 0.259. The summed E-state index contributed by atoms with van der Waals surface area (Å²) in [5, 5.41) is 5.39. The first-order valence-electron chi connectivity index (χ1n) is 10.5. The number of nitrogens with zero attached hydrogens (tertiary/aromatic N) is 2. The molecule has 4 aromatic rings. The maximum Gasteiger partial charge on any atom is 0.275 e. The number of aromatic nitrogens is 1. The van der Waals surface area contributed by atoms with Crippen molar-refractivity contribution in [3.8, 4) is 0 Å². The first-order valence-corrected chi connectivity index (χ1v) is 11.4. The van der Waals surface area contributed by atoms with Crippen LogP contribution in [-0.4, -0.2) is 15.8 Å². The van der Waals surface area contributed by atoms with E-state index in [0.29, 0.717) is 25.3 Å². The van der Waals surface area contributed by atoms with E-state index in [1.54, 1.807) is 29.6 Å². The van der Waals surface area contributed by atoms with Gasteiger partial charge in [-0.2, -0.15) is 0 Å². The minimum atomic E-state index is -0.284. The van der Waals surface area contributed by atoms with Gasteiger partial charge in [-0.05, 0) is 54.4 Å². The minimum Gasteiger partial charge on any atom is -0.321 e. The fourth-order valence-corrected chi connectivity index (χ4v) is 4.19. The normalized spacial score (nSPS) is 11.0. The molecule has 0 aliphatic carbocycles. The Bertz CT molecular complexity index is 1160. The lowest BCUT2D eigenvalue weighted by Crippen LogP contribution is -2.22. The Balaban J connectivity index is 1.47. The zero-order chi connectivity index (χ0) is 23.2. The van der Waals surface area contributed by atoms with Crippen LogP contribution in [0.3, 0.4) is 0 Å². The average Bonchev–Trinajstić information content (AvgIpc) is 3.27. The van der Waals surface area contributed by atoms with Crippen molar-refractivity contribution in [3.05, 3.63) is 117 Å². The van der Waals surface area contributed by atoms with Crippen LogP contribution in [0.25, 0.3) is 0 Å². The van der Waals surface area contributed by atoms with Gasteiger partial charge >= 0.3 is 0 Å². The Morgan fingerprint density at radius 1 is 0.848 bits per heavy atom. The van der Waals surface area contributed by atoms with Crippen molar-refractivity contribution in [2.75, 3.05) is 5.32 Å². The molecule has 0 bridgehead atoms. The molecule has 1 amide bonds. The Hall–Kier alpha value is -3.42. The van der Waals surface area contributed by atoms with Crippen molar-refractivity contribution in [1.29, 1.82) is 0 Å². The number of nitrogens with one attached hydrogen (secondary N) is 1. The maximum absolute atomic E-state index is 13.3.